The Kier molecular flexibility index (Phi) is 4.63. The number of rotatable bonds is 3. The van der Waals surface area contributed by atoms with Crippen LogP contribution in [0.1, 0.15) is 55.8 Å². The number of nitrogen functional groups attached to an aromatic ring is 1. The van der Waals surface area contributed by atoms with Gasteiger partial charge >= 0.3 is 0 Å². The largest absolute Gasteiger partial charge is 0.384 e. The van der Waals surface area contributed by atoms with Crippen molar-refractivity contribution in [1.29, 1.82) is 5.41 Å². The van der Waals surface area contributed by atoms with Gasteiger partial charge in [0.05, 0.1) is 5.56 Å². The van der Waals surface area contributed by atoms with Crippen LogP contribution in [-0.4, -0.2) is 23.4 Å². The summed E-state index contributed by atoms with van der Waals surface area (Å²) in [5.41, 5.74) is 8.69. The van der Waals surface area contributed by atoms with Crippen LogP contribution in [0.15, 0.2) is 6.07 Å². The van der Waals surface area contributed by atoms with Crippen molar-refractivity contribution in [3.63, 3.8) is 0 Å². The number of aromatic nitrogens is 1. The lowest BCUT2D eigenvalue weighted by atomic mass is 10.0. The molecule has 2 rings (SSSR count). The van der Waals surface area contributed by atoms with Gasteiger partial charge in [0, 0.05) is 18.3 Å². The topological polar surface area (TPSA) is 66.0 Å². The summed E-state index contributed by atoms with van der Waals surface area (Å²) < 4.78 is 0. The average Bonchev–Trinajstić information content (AvgIpc) is 2.61. The van der Waals surface area contributed by atoms with E-state index < -0.39 is 0 Å². The van der Waals surface area contributed by atoms with Gasteiger partial charge in [0.2, 0.25) is 0 Å². The second-order valence-electron chi connectivity index (χ2n) is 5.80. The highest BCUT2D eigenvalue weighted by Crippen LogP contribution is 2.29. The third-order valence-corrected chi connectivity index (χ3v) is 4.22. The van der Waals surface area contributed by atoms with E-state index in [-0.39, 0.29) is 5.84 Å². The van der Waals surface area contributed by atoms with Gasteiger partial charge in [-0.1, -0.05) is 19.8 Å². The number of hydrogen-bond acceptors (Lipinski definition) is 3. The van der Waals surface area contributed by atoms with Gasteiger partial charge in [-0.3, -0.25) is 5.41 Å². The molecule has 0 amide bonds. The standard InChI is InChI=1S/C16H26N4/c1-4-13-8-6-5-7-9-20(13)16-14(15(17)18)11(2)10-12(3)19-16/h10,13H,4-9H2,1-3H3,(H3,17,18). The number of aryl methyl sites for hydroxylation is 2. The predicted molar refractivity (Wildman–Crippen MR) is 84.6 cm³/mol. The Hall–Kier alpha value is -1.58. The first-order valence-corrected chi connectivity index (χ1v) is 7.63. The molecule has 1 fully saturated rings. The van der Waals surface area contributed by atoms with Gasteiger partial charge in [0.25, 0.3) is 0 Å². The van der Waals surface area contributed by atoms with Gasteiger partial charge in [-0.05, 0) is 44.7 Å². The molecule has 1 atom stereocenters. The minimum absolute atomic E-state index is 0.129. The molecule has 1 saturated heterocycles. The number of nitrogens with zero attached hydrogens (tertiary/aromatic N) is 2. The van der Waals surface area contributed by atoms with Crippen molar-refractivity contribution in [2.24, 2.45) is 5.73 Å². The highest BCUT2D eigenvalue weighted by atomic mass is 15.2. The molecular weight excluding hydrogens is 248 g/mol. The third-order valence-electron chi connectivity index (χ3n) is 4.22. The van der Waals surface area contributed by atoms with Crippen LogP contribution in [0, 0.1) is 19.3 Å². The van der Waals surface area contributed by atoms with Crippen LogP contribution in [0.25, 0.3) is 0 Å². The first-order valence-electron chi connectivity index (χ1n) is 7.63. The zero-order chi connectivity index (χ0) is 14.7. The quantitative estimate of drug-likeness (QED) is 0.657. The molecule has 4 nitrogen and oxygen atoms in total. The van der Waals surface area contributed by atoms with Crippen LogP contribution < -0.4 is 10.6 Å². The van der Waals surface area contributed by atoms with Crippen molar-refractivity contribution < 1.29 is 0 Å². The lowest BCUT2D eigenvalue weighted by Crippen LogP contribution is -2.37. The lowest BCUT2D eigenvalue weighted by molar-refractivity contribution is 0.551. The van der Waals surface area contributed by atoms with Crippen LogP contribution in [0.5, 0.6) is 0 Å². The molecule has 20 heavy (non-hydrogen) atoms. The Balaban J connectivity index is 2.50. The SMILES string of the molecule is CCC1CCCCCN1c1nc(C)cc(C)c1C(=N)N. The van der Waals surface area contributed by atoms with Gasteiger partial charge in [0.15, 0.2) is 0 Å². The van der Waals surface area contributed by atoms with Crippen molar-refractivity contribution >= 4 is 11.7 Å². The van der Waals surface area contributed by atoms with Crippen LogP contribution in [0.2, 0.25) is 0 Å². The summed E-state index contributed by atoms with van der Waals surface area (Å²) in [5, 5.41) is 7.89. The van der Waals surface area contributed by atoms with Gasteiger partial charge in [-0.15, -0.1) is 0 Å². The Bertz CT molecular complexity index is 495. The summed E-state index contributed by atoms with van der Waals surface area (Å²) in [6, 6.07) is 2.53. The van der Waals surface area contributed by atoms with E-state index in [1.54, 1.807) is 0 Å². The number of pyridine rings is 1. The maximum atomic E-state index is 7.89. The Morgan fingerprint density at radius 1 is 1.40 bits per heavy atom. The van der Waals surface area contributed by atoms with Crippen molar-refractivity contribution in [2.75, 3.05) is 11.4 Å². The fraction of sp³-hybridized carbons (Fsp3) is 0.625. The fourth-order valence-corrected chi connectivity index (χ4v) is 3.24. The Morgan fingerprint density at radius 2 is 2.15 bits per heavy atom. The van der Waals surface area contributed by atoms with Crippen LogP contribution in [0.3, 0.4) is 0 Å². The monoisotopic (exact) mass is 274 g/mol. The first kappa shape index (κ1) is 14.8. The summed E-state index contributed by atoms with van der Waals surface area (Å²) in [4.78, 5) is 7.12. The first-order chi connectivity index (χ1) is 9.54. The van der Waals surface area contributed by atoms with Crippen molar-refractivity contribution in [1.82, 2.24) is 4.98 Å². The van der Waals surface area contributed by atoms with Crippen molar-refractivity contribution in [2.45, 2.75) is 58.9 Å². The van der Waals surface area contributed by atoms with Crippen LogP contribution >= 0.6 is 0 Å². The highest BCUT2D eigenvalue weighted by molar-refractivity contribution is 6.01. The van der Waals surface area contributed by atoms with E-state index in [1.807, 2.05) is 19.9 Å². The van der Waals surface area contributed by atoms with E-state index >= 15 is 0 Å². The number of anilines is 1. The van der Waals surface area contributed by atoms with E-state index in [2.05, 4.69) is 11.8 Å². The van der Waals surface area contributed by atoms with Gasteiger partial charge in [0.1, 0.15) is 11.7 Å². The molecule has 0 bridgehead atoms. The van der Waals surface area contributed by atoms with Gasteiger partial charge in [-0.25, -0.2) is 4.98 Å². The minimum Gasteiger partial charge on any atom is -0.384 e. The molecule has 2 heterocycles. The summed E-state index contributed by atoms with van der Waals surface area (Å²) in [7, 11) is 0. The lowest BCUT2D eigenvalue weighted by Gasteiger charge is -2.32. The van der Waals surface area contributed by atoms with Crippen LogP contribution in [0.4, 0.5) is 5.82 Å². The van der Waals surface area contributed by atoms with E-state index in [9.17, 15) is 0 Å². The molecule has 110 valence electrons. The summed E-state index contributed by atoms with van der Waals surface area (Å²) in [6.07, 6.45) is 6.10. The number of nitrogens with two attached hydrogens (primary N) is 1. The summed E-state index contributed by atoms with van der Waals surface area (Å²) in [6.45, 7) is 7.29. The molecule has 1 unspecified atom stereocenters. The molecule has 4 heteroatoms. The number of hydrogen-bond donors (Lipinski definition) is 2. The zero-order valence-corrected chi connectivity index (χ0v) is 12.9. The fourth-order valence-electron chi connectivity index (χ4n) is 3.24. The van der Waals surface area contributed by atoms with E-state index in [0.29, 0.717) is 6.04 Å². The van der Waals surface area contributed by atoms with Crippen molar-refractivity contribution in [3.8, 4) is 0 Å². The van der Waals surface area contributed by atoms with E-state index in [0.717, 1.165) is 35.6 Å². The zero-order valence-electron chi connectivity index (χ0n) is 12.9. The second kappa shape index (κ2) is 6.25. The molecule has 0 radical (unpaired) electrons. The smallest absolute Gasteiger partial charge is 0.140 e. The van der Waals surface area contributed by atoms with Crippen molar-refractivity contribution in [3.05, 3.63) is 22.9 Å². The van der Waals surface area contributed by atoms with Crippen LogP contribution in [-0.2, 0) is 0 Å². The molecule has 1 aliphatic rings. The maximum absolute atomic E-state index is 7.89. The number of amidine groups is 1. The number of nitrogens with one attached hydrogen (secondary N) is 1. The minimum atomic E-state index is 0.129. The Labute approximate surface area is 121 Å². The average molecular weight is 274 g/mol. The summed E-state index contributed by atoms with van der Waals surface area (Å²) in [5.74, 6) is 1.05. The van der Waals surface area contributed by atoms with Gasteiger partial charge < -0.3 is 10.6 Å². The third kappa shape index (κ3) is 2.94. The molecule has 1 aromatic rings. The second-order valence-corrected chi connectivity index (χ2v) is 5.80. The van der Waals surface area contributed by atoms with Gasteiger partial charge in [-0.2, -0.15) is 0 Å². The molecular formula is C16H26N4. The maximum Gasteiger partial charge on any atom is 0.140 e. The Morgan fingerprint density at radius 3 is 2.80 bits per heavy atom. The molecule has 1 aromatic heterocycles. The normalized spacial score (nSPS) is 19.8. The van der Waals surface area contributed by atoms with E-state index in [1.165, 1.54) is 25.7 Å². The molecule has 0 saturated carbocycles. The highest BCUT2D eigenvalue weighted by Gasteiger charge is 2.25. The molecule has 0 spiro atoms. The molecule has 0 aromatic carbocycles. The molecule has 3 N–H and O–H groups in total. The molecule has 1 aliphatic heterocycles. The van der Waals surface area contributed by atoms with E-state index in [4.69, 9.17) is 16.1 Å². The predicted octanol–water partition coefficient (Wildman–Crippen LogP) is 3.14. The summed E-state index contributed by atoms with van der Waals surface area (Å²) >= 11 is 0. The molecule has 0 aliphatic carbocycles.